The van der Waals surface area contributed by atoms with Crippen molar-refractivity contribution in [2.24, 2.45) is 5.73 Å². The van der Waals surface area contributed by atoms with Crippen LogP contribution in [0.15, 0.2) is 18.2 Å². The first kappa shape index (κ1) is 16.2. The average molecular weight is 308 g/mol. The first-order valence-electron chi connectivity index (χ1n) is 7.17. The lowest BCUT2D eigenvalue weighted by molar-refractivity contribution is -0.130. The number of thiocarbonyl (C=S) groups is 1. The summed E-state index contributed by atoms with van der Waals surface area (Å²) >= 11 is 5.04. The van der Waals surface area contributed by atoms with Crippen LogP contribution in [0.3, 0.4) is 0 Å². The molecule has 1 aromatic carbocycles. The topological polar surface area (TPSA) is 47.7 Å². The van der Waals surface area contributed by atoms with Crippen LogP contribution in [0, 0.1) is 0 Å². The van der Waals surface area contributed by atoms with Gasteiger partial charge in [0, 0.05) is 19.6 Å². The zero-order valence-corrected chi connectivity index (χ0v) is 14.0. The van der Waals surface area contributed by atoms with E-state index in [1.54, 1.807) is 7.11 Å². The molecule has 1 saturated heterocycles. The van der Waals surface area contributed by atoms with Gasteiger partial charge in [0.05, 0.1) is 24.4 Å². The highest BCUT2D eigenvalue weighted by Gasteiger charge is 2.31. The van der Waals surface area contributed by atoms with Crippen LogP contribution in [0.5, 0.6) is 5.75 Å². The van der Waals surface area contributed by atoms with Gasteiger partial charge in [-0.2, -0.15) is 0 Å². The van der Waals surface area contributed by atoms with E-state index in [1.807, 2.05) is 12.1 Å². The molecule has 21 heavy (non-hydrogen) atoms. The molecular formula is C16H24N2O2S. The van der Waals surface area contributed by atoms with Gasteiger partial charge in [-0.1, -0.05) is 18.3 Å². The monoisotopic (exact) mass is 308 g/mol. The first-order chi connectivity index (χ1) is 9.80. The van der Waals surface area contributed by atoms with Crippen LogP contribution in [0.2, 0.25) is 0 Å². The Hall–Kier alpha value is -1.17. The Labute approximate surface area is 132 Å². The maximum absolute atomic E-state index is 5.94. The summed E-state index contributed by atoms with van der Waals surface area (Å²) in [7, 11) is 1.64. The lowest BCUT2D eigenvalue weighted by Gasteiger charge is -2.41. The number of rotatable bonds is 4. The number of hydrogen-bond donors (Lipinski definition) is 1. The van der Waals surface area contributed by atoms with E-state index in [9.17, 15) is 0 Å². The summed E-state index contributed by atoms with van der Waals surface area (Å²) < 4.78 is 11.3. The quantitative estimate of drug-likeness (QED) is 0.865. The van der Waals surface area contributed by atoms with Gasteiger partial charge in [-0.15, -0.1) is 0 Å². The Kier molecular flexibility index (Phi) is 4.86. The normalized spacial score (nSPS) is 22.0. The van der Waals surface area contributed by atoms with Crippen molar-refractivity contribution >= 4 is 17.2 Å². The lowest BCUT2D eigenvalue weighted by atomic mass is 10.0. The highest BCUT2D eigenvalue weighted by atomic mass is 32.1. The Morgan fingerprint density at radius 1 is 1.52 bits per heavy atom. The number of hydrogen-bond acceptors (Lipinski definition) is 4. The molecule has 1 aromatic rings. The third-order valence-corrected chi connectivity index (χ3v) is 3.80. The van der Waals surface area contributed by atoms with Gasteiger partial charge >= 0.3 is 0 Å². The molecule has 2 rings (SSSR count). The average Bonchev–Trinajstić information content (AvgIpc) is 2.35. The molecule has 0 saturated carbocycles. The van der Waals surface area contributed by atoms with Crippen molar-refractivity contribution in [1.82, 2.24) is 4.90 Å². The summed E-state index contributed by atoms with van der Waals surface area (Å²) in [5.74, 6) is 0.737. The van der Waals surface area contributed by atoms with Gasteiger partial charge in [0.15, 0.2) is 0 Å². The van der Waals surface area contributed by atoms with Crippen LogP contribution in [-0.2, 0) is 11.3 Å². The molecular weight excluding hydrogens is 284 g/mol. The van der Waals surface area contributed by atoms with E-state index in [1.165, 1.54) is 5.56 Å². The minimum atomic E-state index is -0.111. The zero-order chi connectivity index (χ0) is 15.6. The van der Waals surface area contributed by atoms with E-state index in [-0.39, 0.29) is 11.7 Å². The maximum Gasteiger partial charge on any atom is 0.129 e. The van der Waals surface area contributed by atoms with Crippen LogP contribution in [0.4, 0.5) is 0 Å². The maximum atomic E-state index is 5.94. The van der Waals surface area contributed by atoms with Crippen molar-refractivity contribution in [2.45, 2.75) is 39.0 Å². The second-order valence-corrected chi connectivity index (χ2v) is 6.70. The predicted molar refractivity (Wildman–Crippen MR) is 88.8 cm³/mol. The second kappa shape index (κ2) is 6.30. The molecule has 1 aliphatic heterocycles. The molecule has 1 unspecified atom stereocenters. The summed E-state index contributed by atoms with van der Waals surface area (Å²) in [6, 6.07) is 6.01. The number of nitrogens with zero attached hydrogens (tertiary/aromatic N) is 1. The molecule has 1 atom stereocenters. The first-order valence-corrected chi connectivity index (χ1v) is 7.58. The van der Waals surface area contributed by atoms with Gasteiger partial charge in [0.2, 0.25) is 0 Å². The molecule has 1 heterocycles. The van der Waals surface area contributed by atoms with E-state index in [2.05, 4.69) is 31.7 Å². The molecule has 0 bridgehead atoms. The van der Waals surface area contributed by atoms with Gasteiger partial charge in [0.1, 0.15) is 10.7 Å². The molecule has 1 aliphatic rings. The number of benzene rings is 1. The van der Waals surface area contributed by atoms with Crippen LogP contribution < -0.4 is 10.5 Å². The third kappa shape index (κ3) is 4.15. The molecule has 116 valence electrons. The number of methoxy groups -OCH3 is 1. The molecule has 0 amide bonds. The third-order valence-electron chi connectivity index (χ3n) is 3.58. The Morgan fingerprint density at radius 3 is 2.81 bits per heavy atom. The lowest BCUT2D eigenvalue weighted by Crippen LogP contribution is -2.51. The summed E-state index contributed by atoms with van der Waals surface area (Å²) in [5, 5.41) is 0. The molecule has 0 aromatic heterocycles. The minimum Gasteiger partial charge on any atom is -0.496 e. The number of ether oxygens (including phenoxy) is 2. The molecule has 2 N–H and O–H groups in total. The van der Waals surface area contributed by atoms with E-state index in [0.29, 0.717) is 4.99 Å². The molecule has 0 radical (unpaired) electrons. The summed E-state index contributed by atoms with van der Waals surface area (Å²) in [5.41, 5.74) is 7.57. The minimum absolute atomic E-state index is 0.111. The Balaban J connectivity index is 2.14. The van der Waals surface area contributed by atoms with Gasteiger partial charge in [-0.05, 0) is 38.5 Å². The van der Waals surface area contributed by atoms with Crippen molar-refractivity contribution in [3.8, 4) is 5.75 Å². The van der Waals surface area contributed by atoms with Crippen molar-refractivity contribution in [1.29, 1.82) is 0 Å². The Morgan fingerprint density at radius 2 is 2.24 bits per heavy atom. The van der Waals surface area contributed by atoms with E-state index in [4.69, 9.17) is 27.4 Å². The van der Waals surface area contributed by atoms with E-state index in [0.717, 1.165) is 30.9 Å². The Bertz CT molecular complexity index is 531. The van der Waals surface area contributed by atoms with Crippen LogP contribution >= 0.6 is 12.2 Å². The van der Waals surface area contributed by atoms with Crippen LogP contribution in [-0.4, -0.2) is 41.8 Å². The van der Waals surface area contributed by atoms with Gasteiger partial charge < -0.3 is 15.2 Å². The summed E-state index contributed by atoms with van der Waals surface area (Å²) in [4.78, 5) is 2.77. The summed E-state index contributed by atoms with van der Waals surface area (Å²) in [6.45, 7) is 9.09. The summed E-state index contributed by atoms with van der Waals surface area (Å²) in [6.07, 6.45) is 0.242. The van der Waals surface area contributed by atoms with Crippen molar-refractivity contribution < 1.29 is 9.47 Å². The van der Waals surface area contributed by atoms with Crippen LogP contribution in [0.1, 0.15) is 31.9 Å². The van der Waals surface area contributed by atoms with Gasteiger partial charge in [-0.25, -0.2) is 0 Å². The van der Waals surface area contributed by atoms with Crippen molar-refractivity contribution in [3.63, 3.8) is 0 Å². The van der Waals surface area contributed by atoms with Gasteiger partial charge in [-0.3, -0.25) is 4.90 Å². The standard InChI is InChI=1S/C16H24N2O2S/c1-11-8-18(10-16(2,3)20-11)9-12-5-6-13(15(17)21)14(7-12)19-4/h5-7,11H,8-10H2,1-4H3,(H2,17,21). The predicted octanol–water partition coefficient (Wildman–Crippen LogP) is 2.33. The van der Waals surface area contributed by atoms with E-state index < -0.39 is 0 Å². The fourth-order valence-electron chi connectivity index (χ4n) is 3.00. The fraction of sp³-hybridized carbons (Fsp3) is 0.562. The molecule has 1 fully saturated rings. The second-order valence-electron chi connectivity index (χ2n) is 6.26. The molecule has 4 nitrogen and oxygen atoms in total. The number of morpholine rings is 1. The number of nitrogens with two attached hydrogens (primary N) is 1. The largest absolute Gasteiger partial charge is 0.496 e. The molecule has 0 aliphatic carbocycles. The zero-order valence-electron chi connectivity index (χ0n) is 13.2. The fourth-order valence-corrected chi connectivity index (χ4v) is 3.17. The van der Waals surface area contributed by atoms with E-state index >= 15 is 0 Å². The molecule has 5 heteroatoms. The van der Waals surface area contributed by atoms with Crippen molar-refractivity contribution in [2.75, 3.05) is 20.2 Å². The van der Waals surface area contributed by atoms with Crippen molar-refractivity contribution in [3.05, 3.63) is 29.3 Å². The van der Waals surface area contributed by atoms with Crippen LogP contribution in [0.25, 0.3) is 0 Å². The highest BCUT2D eigenvalue weighted by molar-refractivity contribution is 7.80. The SMILES string of the molecule is COc1cc(CN2CC(C)OC(C)(C)C2)ccc1C(N)=S. The molecule has 0 spiro atoms. The van der Waals surface area contributed by atoms with Gasteiger partial charge in [0.25, 0.3) is 0 Å². The smallest absolute Gasteiger partial charge is 0.129 e. The highest BCUT2D eigenvalue weighted by Crippen LogP contribution is 2.25.